The molecule has 0 aliphatic heterocycles. The zero-order valence-electron chi connectivity index (χ0n) is 21.3. The number of hydrogen-bond donors (Lipinski definition) is 4. The molecule has 0 spiro atoms. The highest BCUT2D eigenvalue weighted by Gasteiger charge is 2.24. The standard InChI is InChI=1S/C32H34N4O2/c37-31(27-17-9-3-10-18-27)35-23-21-33-29(25-13-5-1-6-14-25)30(26-15-7-2-8-16-26)34-22-24-36-32(38)28-19-11-4-12-20-28/h1-20,29-30,33-34H,21-24H2,(H,35,37)(H,36,38)/t29-,30+. The van der Waals surface area contributed by atoms with Crippen LogP contribution >= 0.6 is 0 Å². The van der Waals surface area contributed by atoms with Gasteiger partial charge in [0.25, 0.3) is 11.8 Å². The Morgan fingerprint density at radius 1 is 0.447 bits per heavy atom. The number of rotatable bonds is 13. The summed E-state index contributed by atoms with van der Waals surface area (Å²) in [7, 11) is 0. The Bertz CT molecular complexity index is 1150. The Morgan fingerprint density at radius 2 is 0.763 bits per heavy atom. The molecule has 0 saturated heterocycles. The second-order valence-electron chi connectivity index (χ2n) is 8.93. The van der Waals surface area contributed by atoms with Crippen LogP contribution in [0.15, 0.2) is 121 Å². The van der Waals surface area contributed by atoms with E-state index in [4.69, 9.17) is 0 Å². The number of carbonyl (C=O) groups excluding carboxylic acids is 2. The maximum absolute atomic E-state index is 12.5. The molecule has 0 saturated carbocycles. The molecule has 38 heavy (non-hydrogen) atoms. The molecule has 0 aromatic heterocycles. The van der Waals surface area contributed by atoms with E-state index in [1.165, 1.54) is 0 Å². The van der Waals surface area contributed by atoms with Crippen molar-refractivity contribution < 1.29 is 9.59 Å². The van der Waals surface area contributed by atoms with E-state index in [2.05, 4.69) is 45.5 Å². The molecule has 2 amide bonds. The summed E-state index contributed by atoms with van der Waals surface area (Å²) in [5, 5.41) is 13.3. The van der Waals surface area contributed by atoms with Crippen molar-refractivity contribution in [2.24, 2.45) is 0 Å². The van der Waals surface area contributed by atoms with Crippen molar-refractivity contribution in [2.45, 2.75) is 12.1 Å². The first-order chi connectivity index (χ1) is 18.7. The van der Waals surface area contributed by atoms with Gasteiger partial charge < -0.3 is 21.3 Å². The van der Waals surface area contributed by atoms with Gasteiger partial charge in [0, 0.05) is 37.3 Å². The lowest BCUT2D eigenvalue weighted by Crippen LogP contribution is -2.41. The molecule has 2 atom stereocenters. The summed E-state index contributed by atoms with van der Waals surface area (Å²) in [6, 6.07) is 38.9. The molecule has 0 bridgehead atoms. The van der Waals surface area contributed by atoms with E-state index in [-0.39, 0.29) is 23.9 Å². The molecule has 0 aliphatic carbocycles. The summed E-state index contributed by atoms with van der Waals surface area (Å²) in [5.41, 5.74) is 3.56. The molecule has 4 aromatic rings. The Balaban J connectivity index is 1.41. The number of hydrogen-bond acceptors (Lipinski definition) is 4. The lowest BCUT2D eigenvalue weighted by Gasteiger charge is -2.30. The summed E-state index contributed by atoms with van der Waals surface area (Å²) >= 11 is 0. The van der Waals surface area contributed by atoms with Crippen molar-refractivity contribution in [3.05, 3.63) is 144 Å². The van der Waals surface area contributed by atoms with E-state index in [0.717, 1.165) is 11.1 Å². The summed E-state index contributed by atoms with van der Waals surface area (Å²) in [6.45, 7) is 2.17. The van der Waals surface area contributed by atoms with Crippen molar-refractivity contribution >= 4 is 11.8 Å². The molecule has 194 valence electrons. The highest BCUT2D eigenvalue weighted by atomic mass is 16.2. The second-order valence-corrected chi connectivity index (χ2v) is 8.93. The molecule has 0 fully saturated rings. The van der Waals surface area contributed by atoms with Crippen LogP contribution in [0.1, 0.15) is 43.9 Å². The van der Waals surface area contributed by atoms with Gasteiger partial charge in [-0.15, -0.1) is 0 Å². The van der Waals surface area contributed by atoms with Crippen LogP contribution in [0, 0.1) is 0 Å². The Labute approximate surface area is 224 Å². The second kappa shape index (κ2) is 14.5. The minimum Gasteiger partial charge on any atom is -0.351 e. The summed E-state index contributed by atoms with van der Waals surface area (Å²) in [5.74, 6) is -0.175. The maximum Gasteiger partial charge on any atom is 0.251 e. The average molecular weight is 507 g/mol. The fourth-order valence-electron chi connectivity index (χ4n) is 4.37. The first-order valence-electron chi connectivity index (χ1n) is 13.0. The number of benzene rings is 4. The smallest absolute Gasteiger partial charge is 0.251 e. The Kier molecular flexibility index (Phi) is 10.2. The van der Waals surface area contributed by atoms with Gasteiger partial charge >= 0.3 is 0 Å². The first-order valence-corrected chi connectivity index (χ1v) is 13.0. The Hall–Kier alpha value is -4.26. The topological polar surface area (TPSA) is 82.3 Å². The van der Waals surface area contributed by atoms with Crippen LogP contribution in [0.3, 0.4) is 0 Å². The van der Waals surface area contributed by atoms with Crippen LogP contribution in [0.5, 0.6) is 0 Å². The average Bonchev–Trinajstić information content (AvgIpc) is 2.99. The van der Waals surface area contributed by atoms with Crippen LogP contribution in [0.2, 0.25) is 0 Å². The molecule has 6 nitrogen and oxygen atoms in total. The zero-order chi connectivity index (χ0) is 26.4. The lowest BCUT2D eigenvalue weighted by atomic mass is 9.93. The quantitative estimate of drug-likeness (QED) is 0.201. The van der Waals surface area contributed by atoms with Gasteiger partial charge in [-0.2, -0.15) is 0 Å². The predicted octanol–water partition coefficient (Wildman–Crippen LogP) is 4.51. The minimum absolute atomic E-state index is 0.0583. The van der Waals surface area contributed by atoms with Crippen molar-refractivity contribution in [3.63, 3.8) is 0 Å². The van der Waals surface area contributed by atoms with Gasteiger partial charge in [0.15, 0.2) is 0 Å². The van der Waals surface area contributed by atoms with Crippen LogP contribution < -0.4 is 21.3 Å². The van der Waals surface area contributed by atoms with Gasteiger partial charge in [0.05, 0.1) is 12.1 Å². The third kappa shape index (κ3) is 7.87. The van der Waals surface area contributed by atoms with Gasteiger partial charge in [0.1, 0.15) is 0 Å². The highest BCUT2D eigenvalue weighted by Crippen LogP contribution is 2.28. The molecule has 6 heteroatoms. The first kappa shape index (κ1) is 26.8. The minimum atomic E-state index is -0.0875. The van der Waals surface area contributed by atoms with Crippen LogP contribution in [-0.2, 0) is 0 Å². The highest BCUT2D eigenvalue weighted by molar-refractivity contribution is 5.94. The number of nitrogens with one attached hydrogen (secondary N) is 4. The third-order valence-corrected chi connectivity index (χ3v) is 6.27. The van der Waals surface area contributed by atoms with Crippen molar-refractivity contribution in [1.29, 1.82) is 0 Å². The van der Waals surface area contributed by atoms with Crippen LogP contribution in [-0.4, -0.2) is 38.0 Å². The fourth-order valence-corrected chi connectivity index (χ4v) is 4.37. The third-order valence-electron chi connectivity index (χ3n) is 6.27. The summed E-state index contributed by atoms with van der Waals surface area (Å²) in [4.78, 5) is 24.9. The normalized spacial score (nSPS) is 12.3. The SMILES string of the molecule is O=C(NCCN[C@H](c1ccccc1)[C@@H](NCCNC(=O)c1ccccc1)c1ccccc1)c1ccccc1. The predicted molar refractivity (Wildman–Crippen MR) is 152 cm³/mol. The molecule has 0 unspecified atom stereocenters. The van der Waals surface area contributed by atoms with Crippen molar-refractivity contribution in [3.8, 4) is 0 Å². The molecular weight excluding hydrogens is 472 g/mol. The van der Waals surface area contributed by atoms with Gasteiger partial charge in [-0.25, -0.2) is 0 Å². The van der Waals surface area contributed by atoms with Gasteiger partial charge in [-0.1, -0.05) is 97.1 Å². The van der Waals surface area contributed by atoms with Crippen LogP contribution in [0.4, 0.5) is 0 Å². The van der Waals surface area contributed by atoms with E-state index in [9.17, 15) is 9.59 Å². The van der Waals surface area contributed by atoms with E-state index < -0.39 is 0 Å². The maximum atomic E-state index is 12.5. The van der Waals surface area contributed by atoms with Crippen molar-refractivity contribution in [2.75, 3.05) is 26.2 Å². The van der Waals surface area contributed by atoms with Crippen molar-refractivity contribution in [1.82, 2.24) is 21.3 Å². The van der Waals surface area contributed by atoms with E-state index in [1.807, 2.05) is 97.1 Å². The number of amides is 2. The summed E-state index contributed by atoms with van der Waals surface area (Å²) < 4.78 is 0. The zero-order valence-corrected chi connectivity index (χ0v) is 21.3. The van der Waals surface area contributed by atoms with E-state index >= 15 is 0 Å². The molecule has 0 heterocycles. The monoisotopic (exact) mass is 506 g/mol. The summed E-state index contributed by atoms with van der Waals surface area (Å²) in [6.07, 6.45) is 0. The lowest BCUT2D eigenvalue weighted by molar-refractivity contribution is 0.0944. The van der Waals surface area contributed by atoms with Crippen LogP contribution in [0.25, 0.3) is 0 Å². The molecule has 0 aliphatic rings. The van der Waals surface area contributed by atoms with Gasteiger partial charge in [0.2, 0.25) is 0 Å². The number of carbonyl (C=O) groups is 2. The van der Waals surface area contributed by atoms with Gasteiger partial charge in [-0.05, 0) is 35.4 Å². The molecule has 4 rings (SSSR count). The van der Waals surface area contributed by atoms with E-state index in [1.54, 1.807) is 0 Å². The van der Waals surface area contributed by atoms with E-state index in [0.29, 0.717) is 37.3 Å². The fraction of sp³-hybridized carbons (Fsp3) is 0.188. The molecule has 0 radical (unpaired) electrons. The molecule has 4 N–H and O–H groups in total. The van der Waals surface area contributed by atoms with Gasteiger partial charge in [-0.3, -0.25) is 9.59 Å². The molecular formula is C32H34N4O2. The molecule has 4 aromatic carbocycles. The largest absolute Gasteiger partial charge is 0.351 e. The Morgan fingerprint density at radius 3 is 1.11 bits per heavy atom.